The quantitative estimate of drug-likeness (QED) is 0.867. The standard InChI is InChI=1S/C12H11FN2O2S/c1-2-17-11(16)9-10(18-12(14)15-9)7-5-3-4-6-8(7)13/h3-6H,2H2,1H3,(H2,14,15). The Morgan fingerprint density at radius 1 is 1.50 bits per heavy atom. The molecule has 0 aliphatic heterocycles. The van der Waals surface area contributed by atoms with Crippen molar-refractivity contribution in [2.75, 3.05) is 12.3 Å². The lowest BCUT2D eigenvalue weighted by atomic mass is 10.1. The van der Waals surface area contributed by atoms with Gasteiger partial charge in [-0.2, -0.15) is 0 Å². The molecule has 2 N–H and O–H groups in total. The van der Waals surface area contributed by atoms with E-state index < -0.39 is 11.8 Å². The molecule has 0 radical (unpaired) electrons. The average Bonchev–Trinajstić information content (AvgIpc) is 2.72. The van der Waals surface area contributed by atoms with E-state index in [0.29, 0.717) is 10.4 Å². The van der Waals surface area contributed by atoms with E-state index in [-0.39, 0.29) is 17.4 Å². The number of rotatable bonds is 3. The predicted molar refractivity (Wildman–Crippen MR) is 67.9 cm³/mol. The van der Waals surface area contributed by atoms with Gasteiger partial charge in [0.2, 0.25) is 0 Å². The lowest BCUT2D eigenvalue weighted by Gasteiger charge is -2.03. The van der Waals surface area contributed by atoms with E-state index in [2.05, 4.69) is 4.98 Å². The number of ether oxygens (including phenoxy) is 1. The van der Waals surface area contributed by atoms with E-state index in [1.165, 1.54) is 6.07 Å². The maximum absolute atomic E-state index is 13.7. The van der Waals surface area contributed by atoms with Crippen LogP contribution in [0.15, 0.2) is 24.3 Å². The van der Waals surface area contributed by atoms with Gasteiger partial charge in [-0.1, -0.05) is 29.5 Å². The molecule has 0 spiro atoms. The Hall–Kier alpha value is -1.95. The van der Waals surface area contributed by atoms with E-state index in [1.807, 2.05) is 0 Å². The third kappa shape index (κ3) is 2.33. The van der Waals surface area contributed by atoms with Crippen LogP contribution in [0.2, 0.25) is 0 Å². The molecule has 1 aromatic heterocycles. The zero-order valence-electron chi connectivity index (χ0n) is 9.64. The highest BCUT2D eigenvalue weighted by atomic mass is 32.1. The molecule has 2 rings (SSSR count). The number of aromatic nitrogens is 1. The molecule has 1 heterocycles. The smallest absolute Gasteiger partial charge is 0.358 e. The summed E-state index contributed by atoms with van der Waals surface area (Å²) in [7, 11) is 0. The van der Waals surface area contributed by atoms with Gasteiger partial charge in [0.15, 0.2) is 10.8 Å². The molecule has 0 bridgehead atoms. The van der Waals surface area contributed by atoms with E-state index in [1.54, 1.807) is 25.1 Å². The Bertz CT molecular complexity index is 583. The predicted octanol–water partition coefficient (Wildman–Crippen LogP) is 2.71. The van der Waals surface area contributed by atoms with Crippen molar-refractivity contribution in [2.24, 2.45) is 0 Å². The number of nitrogens with zero attached hydrogens (tertiary/aromatic N) is 1. The SMILES string of the molecule is CCOC(=O)c1nc(N)sc1-c1ccccc1F. The first-order chi connectivity index (χ1) is 8.63. The molecule has 0 aliphatic rings. The fraction of sp³-hybridized carbons (Fsp3) is 0.167. The van der Waals surface area contributed by atoms with Crippen molar-refractivity contribution in [2.45, 2.75) is 6.92 Å². The lowest BCUT2D eigenvalue weighted by molar-refractivity contribution is 0.0521. The molecule has 6 heteroatoms. The van der Waals surface area contributed by atoms with Crippen LogP contribution in [-0.4, -0.2) is 17.6 Å². The van der Waals surface area contributed by atoms with Crippen molar-refractivity contribution in [3.8, 4) is 10.4 Å². The van der Waals surface area contributed by atoms with E-state index >= 15 is 0 Å². The first-order valence-corrected chi connectivity index (χ1v) is 6.13. The van der Waals surface area contributed by atoms with Crippen molar-refractivity contribution in [1.82, 2.24) is 4.98 Å². The fourth-order valence-electron chi connectivity index (χ4n) is 1.50. The number of thiazole rings is 1. The van der Waals surface area contributed by atoms with Gasteiger partial charge in [-0.15, -0.1) is 0 Å². The number of halogens is 1. The summed E-state index contributed by atoms with van der Waals surface area (Å²) in [6.07, 6.45) is 0. The van der Waals surface area contributed by atoms with E-state index in [4.69, 9.17) is 10.5 Å². The van der Waals surface area contributed by atoms with Gasteiger partial charge in [-0.3, -0.25) is 0 Å². The average molecular weight is 266 g/mol. The summed E-state index contributed by atoms with van der Waals surface area (Å²) in [6.45, 7) is 1.92. The number of nitrogens with two attached hydrogens (primary N) is 1. The van der Waals surface area contributed by atoms with Crippen molar-refractivity contribution >= 4 is 22.4 Å². The van der Waals surface area contributed by atoms with Crippen LogP contribution in [0.4, 0.5) is 9.52 Å². The number of esters is 1. The maximum atomic E-state index is 13.7. The summed E-state index contributed by atoms with van der Waals surface area (Å²) in [6, 6.07) is 6.15. The third-order valence-corrected chi connectivity index (χ3v) is 3.15. The van der Waals surface area contributed by atoms with E-state index in [0.717, 1.165) is 11.3 Å². The van der Waals surface area contributed by atoms with E-state index in [9.17, 15) is 9.18 Å². The number of carbonyl (C=O) groups excluding carboxylic acids is 1. The van der Waals surface area contributed by atoms with Crippen molar-refractivity contribution in [3.63, 3.8) is 0 Å². The van der Waals surface area contributed by atoms with Gasteiger partial charge in [0.05, 0.1) is 11.5 Å². The molecule has 0 amide bonds. The molecule has 94 valence electrons. The summed E-state index contributed by atoms with van der Waals surface area (Å²) < 4.78 is 18.6. The monoisotopic (exact) mass is 266 g/mol. The zero-order valence-corrected chi connectivity index (χ0v) is 10.5. The summed E-state index contributed by atoms with van der Waals surface area (Å²) in [5.74, 6) is -1.02. The van der Waals surface area contributed by atoms with Gasteiger partial charge in [-0.05, 0) is 13.0 Å². The Labute approximate surface area is 107 Å². The Kier molecular flexibility index (Phi) is 3.57. The van der Waals surface area contributed by atoms with Crippen LogP contribution in [0.25, 0.3) is 10.4 Å². The highest BCUT2D eigenvalue weighted by Gasteiger charge is 2.21. The normalized spacial score (nSPS) is 10.3. The van der Waals surface area contributed by atoms with Crippen molar-refractivity contribution in [3.05, 3.63) is 35.8 Å². The van der Waals surface area contributed by atoms with Crippen LogP contribution in [0.5, 0.6) is 0 Å². The van der Waals surface area contributed by atoms with Crippen molar-refractivity contribution in [1.29, 1.82) is 0 Å². The second-order valence-corrected chi connectivity index (χ2v) is 4.46. The van der Waals surface area contributed by atoms with Gasteiger partial charge in [-0.25, -0.2) is 14.2 Å². The Balaban J connectivity index is 2.51. The van der Waals surface area contributed by atoms with Gasteiger partial charge in [0, 0.05) is 5.56 Å². The van der Waals surface area contributed by atoms with Gasteiger partial charge >= 0.3 is 5.97 Å². The summed E-state index contributed by atoms with van der Waals surface area (Å²) in [4.78, 5) is 16.0. The number of carbonyl (C=O) groups is 1. The van der Waals surface area contributed by atoms with Crippen LogP contribution in [0.1, 0.15) is 17.4 Å². The zero-order chi connectivity index (χ0) is 13.1. The van der Waals surface area contributed by atoms with Crippen LogP contribution in [0.3, 0.4) is 0 Å². The number of benzene rings is 1. The highest BCUT2D eigenvalue weighted by Crippen LogP contribution is 2.33. The highest BCUT2D eigenvalue weighted by molar-refractivity contribution is 7.19. The molecule has 0 aliphatic carbocycles. The molecule has 0 saturated carbocycles. The molecule has 1 aromatic carbocycles. The number of nitrogen functional groups attached to an aromatic ring is 1. The maximum Gasteiger partial charge on any atom is 0.358 e. The largest absolute Gasteiger partial charge is 0.461 e. The summed E-state index contributed by atoms with van der Waals surface area (Å²) in [5.41, 5.74) is 5.94. The van der Waals surface area contributed by atoms with Gasteiger partial charge < -0.3 is 10.5 Å². The Morgan fingerprint density at radius 3 is 2.89 bits per heavy atom. The second kappa shape index (κ2) is 5.14. The van der Waals surface area contributed by atoms with Gasteiger partial charge in [0.1, 0.15) is 5.82 Å². The molecular weight excluding hydrogens is 255 g/mol. The first kappa shape index (κ1) is 12.5. The molecular formula is C12H11FN2O2S. The minimum atomic E-state index is -0.594. The van der Waals surface area contributed by atoms with Crippen LogP contribution in [-0.2, 0) is 4.74 Å². The topological polar surface area (TPSA) is 65.2 Å². The molecule has 18 heavy (non-hydrogen) atoms. The molecule has 0 fully saturated rings. The molecule has 0 saturated heterocycles. The number of hydrogen-bond acceptors (Lipinski definition) is 5. The summed E-state index contributed by atoms with van der Waals surface area (Å²) in [5, 5.41) is 0.205. The third-order valence-electron chi connectivity index (χ3n) is 2.23. The Morgan fingerprint density at radius 2 is 2.22 bits per heavy atom. The minimum absolute atomic E-state index is 0.0597. The number of anilines is 1. The van der Waals surface area contributed by atoms with Crippen LogP contribution >= 0.6 is 11.3 Å². The molecule has 4 nitrogen and oxygen atoms in total. The minimum Gasteiger partial charge on any atom is -0.461 e. The van der Waals surface area contributed by atoms with Crippen LogP contribution in [0, 0.1) is 5.82 Å². The van der Waals surface area contributed by atoms with Crippen molar-refractivity contribution < 1.29 is 13.9 Å². The summed E-state index contributed by atoms with van der Waals surface area (Å²) >= 11 is 1.06. The number of hydrogen-bond donors (Lipinski definition) is 1. The first-order valence-electron chi connectivity index (χ1n) is 5.31. The molecule has 2 aromatic rings. The fourth-order valence-corrected chi connectivity index (χ4v) is 2.35. The lowest BCUT2D eigenvalue weighted by Crippen LogP contribution is -2.06. The van der Waals surface area contributed by atoms with Crippen LogP contribution < -0.4 is 5.73 Å². The molecule has 0 unspecified atom stereocenters. The van der Waals surface area contributed by atoms with Gasteiger partial charge in [0.25, 0.3) is 0 Å². The second-order valence-electron chi connectivity index (χ2n) is 3.43. The molecule has 0 atom stereocenters.